The van der Waals surface area contributed by atoms with Gasteiger partial charge in [-0.05, 0) is 38.8 Å². The first-order chi connectivity index (χ1) is 13.8. The largest absolute Gasteiger partial charge is 0.484 e. The molecule has 11 heteroatoms. The number of hydrogen-bond acceptors (Lipinski definition) is 5. The predicted molar refractivity (Wildman–Crippen MR) is 118 cm³/mol. The highest BCUT2D eigenvalue weighted by Gasteiger charge is 2.28. The topological polar surface area (TPSA) is 84.6 Å². The Morgan fingerprint density at radius 3 is 2.63 bits per heavy atom. The molecular weight excluding hydrogens is 514 g/mol. The Bertz CT molecular complexity index is 812. The van der Waals surface area contributed by atoms with E-state index in [1.54, 1.807) is 26.0 Å². The SMILES string of the molecule is CCNC(=NCc1ccc(C)cc1OCC(F)(F)F)NCCCc1nc(C)no1.I. The smallest absolute Gasteiger partial charge is 0.422 e. The molecule has 2 aromatic rings. The monoisotopic (exact) mass is 541 g/mol. The molecule has 0 aliphatic heterocycles. The Hall–Kier alpha value is -2.05. The fraction of sp³-hybridized carbons (Fsp3) is 0.526. The van der Waals surface area contributed by atoms with Crippen LogP contribution in [-0.2, 0) is 13.0 Å². The van der Waals surface area contributed by atoms with Gasteiger partial charge in [-0.1, -0.05) is 17.3 Å². The summed E-state index contributed by atoms with van der Waals surface area (Å²) >= 11 is 0. The molecule has 0 aliphatic carbocycles. The number of ether oxygens (including phenoxy) is 1. The first-order valence-corrected chi connectivity index (χ1v) is 9.37. The van der Waals surface area contributed by atoms with E-state index >= 15 is 0 Å². The maximum Gasteiger partial charge on any atom is 0.422 e. The summed E-state index contributed by atoms with van der Waals surface area (Å²) in [5.41, 5.74) is 1.40. The van der Waals surface area contributed by atoms with E-state index in [-0.39, 0.29) is 36.3 Å². The van der Waals surface area contributed by atoms with Crippen LogP contribution in [0.1, 0.15) is 36.2 Å². The summed E-state index contributed by atoms with van der Waals surface area (Å²) in [7, 11) is 0. The van der Waals surface area contributed by atoms with Crippen molar-refractivity contribution in [3.63, 3.8) is 0 Å². The second-order valence-electron chi connectivity index (χ2n) is 6.48. The molecule has 1 aromatic heterocycles. The van der Waals surface area contributed by atoms with Gasteiger partial charge in [0, 0.05) is 25.1 Å². The van der Waals surface area contributed by atoms with Crippen LogP contribution in [0.25, 0.3) is 0 Å². The van der Waals surface area contributed by atoms with Gasteiger partial charge in [-0.15, -0.1) is 24.0 Å². The average molecular weight is 541 g/mol. The summed E-state index contributed by atoms with van der Waals surface area (Å²) in [5.74, 6) is 1.94. The lowest BCUT2D eigenvalue weighted by Crippen LogP contribution is -2.37. The Balaban J connectivity index is 0.00000450. The minimum atomic E-state index is -4.39. The van der Waals surface area contributed by atoms with Crippen LogP contribution in [0.4, 0.5) is 13.2 Å². The average Bonchev–Trinajstić information content (AvgIpc) is 3.07. The van der Waals surface area contributed by atoms with Crippen LogP contribution in [0, 0.1) is 13.8 Å². The summed E-state index contributed by atoms with van der Waals surface area (Å²) in [6.07, 6.45) is -2.99. The number of aromatic nitrogens is 2. The summed E-state index contributed by atoms with van der Waals surface area (Å²) in [6, 6.07) is 5.13. The van der Waals surface area contributed by atoms with Crippen LogP contribution in [0.5, 0.6) is 5.75 Å². The molecule has 0 saturated heterocycles. The lowest BCUT2D eigenvalue weighted by Gasteiger charge is -2.14. The lowest BCUT2D eigenvalue weighted by molar-refractivity contribution is -0.153. The third kappa shape index (κ3) is 9.63. The molecule has 30 heavy (non-hydrogen) atoms. The third-order valence-corrected chi connectivity index (χ3v) is 3.80. The van der Waals surface area contributed by atoms with E-state index in [4.69, 9.17) is 9.26 Å². The zero-order valence-corrected chi connectivity index (χ0v) is 19.5. The van der Waals surface area contributed by atoms with Crippen LogP contribution < -0.4 is 15.4 Å². The van der Waals surface area contributed by atoms with Crippen molar-refractivity contribution in [3.05, 3.63) is 41.0 Å². The van der Waals surface area contributed by atoms with Crippen LogP contribution in [0.2, 0.25) is 0 Å². The second kappa shape index (κ2) is 12.6. The lowest BCUT2D eigenvalue weighted by atomic mass is 10.1. The van der Waals surface area contributed by atoms with Gasteiger partial charge in [0.15, 0.2) is 18.4 Å². The molecule has 168 valence electrons. The number of nitrogens with one attached hydrogen (secondary N) is 2. The molecule has 0 saturated carbocycles. The van der Waals surface area contributed by atoms with Crippen molar-refractivity contribution in [2.45, 2.75) is 46.3 Å². The van der Waals surface area contributed by atoms with Crippen molar-refractivity contribution < 1.29 is 22.4 Å². The molecule has 0 radical (unpaired) electrons. The number of aryl methyl sites for hydroxylation is 3. The number of hydrogen-bond donors (Lipinski definition) is 2. The molecule has 7 nitrogen and oxygen atoms in total. The van der Waals surface area contributed by atoms with Gasteiger partial charge in [-0.3, -0.25) is 0 Å². The maximum atomic E-state index is 12.5. The van der Waals surface area contributed by atoms with Gasteiger partial charge in [-0.25, -0.2) is 4.99 Å². The van der Waals surface area contributed by atoms with Crippen molar-refractivity contribution >= 4 is 29.9 Å². The fourth-order valence-electron chi connectivity index (χ4n) is 2.48. The number of benzene rings is 1. The van der Waals surface area contributed by atoms with Gasteiger partial charge in [0.25, 0.3) is 0 Å². The molecule has 0 amide bonds. The first kappa shape index (κ1) is 26.0. The van der Waals surface area contributed by atoms with E-state index in [9.17, 15) is 13.2 Å². The van der Waals surface area contributed by atoms with Crippen LogP contribution >= 0.6 is 24.0 Å². The van der Waals surface area contributed by atoms with Crippen LogP contribution in [-0.4, -0.2) is 42.0 Å². The van der Waals surface area contributed by atoms with E-state index in [0.29, 0.717) is 42.7 Å². The second-order valence-corrected chi connectivity index (χ2v) is 6.48. The van der Waals surface area contributed by atoms with E-state index in [1.165, 1.54) is 0 Å². The van der Waals surface area contributed by atoms with E-state index < -0.39 is 12.8 Å². The molecule has 0 atom stereocenters. The third-order valence-electron chi connectivity index (χ3n) is 3.80. The number of guanidine groups is 1. The van der Waals surface area contributed by atoms with Gasteiger partial charge in [-0.2, -0.15) is 18.2 Å². The highest BCUT2D eigenvalue weighted by Crippen LogP contribution is 2.24. The molecule has 0 bridgehead atoms. The fourth-order valence-corrected chi connectivity index (χ4v) is 2.48. The number of alkyl halides is 3. The zero-order chi connectivity index (χ0) is 21.3. The van der Waals surface area contributed by atoms with E-state index in [0.717, 1.165) is 12.0 Å². The molecule has 0 fully saturated rings. The molecule has 1 aromatic carbocycles. The van der Waals surface area contributed by atoms with Crippen molar-refractivity contribution in [1.29, 1.82) is 0 Å². The standard InChI is InChI=1S/C19H26F3N5O2.HI/c1-4-23-18(24-9-5-6-17-26-14(3)27-29-17)25-11-15-8-7-13(2)10-16(15)28-12-19(20,21)22;/h7-8,10H,4-6,9,11-12H2,1-3H3,(H2,23,24,25);1H. The molecular formula is C19H27F3IN5O2. The van der Waals surface area contributed by atoms with E-state index in [2.05, 4.69) is 25.8 Å². The molecule has 1 heterocycles. The first-order valence-electron chi connectivity index (χ1n) is 9.37. The van der Waals surface area contributed by atoms with Crippen molar-refractivity contribution in [1.82, 2.24) is 20.8 Å². The molecule has 0 spiro atoms. The summed E-state index contributed by atoms with van der Waals surface area (Å²) in [5, 5.41) is 10.0. The molecule has 0 aliphatic rings. The van der Waals surface area contributed by atoms with Crippen molar-refractivity contribution in [2.24, 2.45) is 4.99 Å². The van der Waals surface area contributed by atoms with Crippen molar-refractivity contribution in [2.75, 3.05) is 19.7 Å². The highest BCUT2D eigenvalue weighted by atomic mass is 127. The summed E-state index contributed by atoms with van der Waals surface area (Å²) in [6.45, 7) is 5.62. The number of halogens is 4. The minimum absolute atomic E-state index is 0. The Labute approximate surface area is 190 Å². The zero-order valence-electron chi connectivity index (χ0n) is 17.2. The maximum absolute atomic E-state index is 12.5. The quantitative estimate of drug-likeness (QED) is 0.217. The van der Waals surface area contributed by atoms with Gasteiger partial charge >= 0.3 is 6.18 Å². The van der Waals surface area contributed by atoms with Gasteiger partial charge in [0.05, 0.1) is 6.54 Å². The van der Waals surface area contributed by atoms with Gasteiger partial charge in [0.1, 0.15) is 5.75 Å². The van der Waals surface area contributed by atoms with E-state index in [1.807, 2.05) is 13.0 Å². The Morgan fingerprint density at radius 1 is 1.23 bits per heavy atom. The summed E-state index contributed by atoms with van der Waals surface area (Å²) in [4.78, 5) is 8.59. The van der Waals surface area contributed by atoms with Gasteiger partial charge < -0.3 is 19.9 Å². The normalized spacial score (nSPS) is 11.7. The Morgan fingerprint density at radius 2 is 2.00 bits per heavy atom. The summed E-state index contributed by atoms with van der Waals surface area (Å²) < 4.78 is 47.5. The highest BCUT2D eigenvalue weighted by molar-refractivity contribution is 14.0. The van der Waals surface area contributed by atoms with Crippen LogP contribution in [0.3, 0.4) is 0 Å². The van der Waals surface area contributed by atoms with Gasteiger partial charge in [0.2, 0.25) is 5.89 Å². The number of rotatable bonds is 9. The molecule has 2 rings (SSSR count). The minimum Gasteiger partial charge on any atom is -0.484 e. The number of aliphatic imine (C=N–C) groups is 1. The number of nitrogens with zero attached hydrogens (tertiary/aromatic N) is 3. The van der Waals surface area contributed by atoms with Crippen LogP contribution in [0.15, 0.2) is 27.7 Å². The molecule has 2 N–H and O–H groups in total. The predicted octanol–water partition coefficient (Wildman–Crippen LogP) is 3.93. The Kier molecular flexibility index (Phi) is 10.9. The van der Waals surface area contributed by atoms with Crippen molar-refractivity contribution in [3.8, 4) is 5.75 Å². The molecule has 0 unspecified atom stereocenters.